The van der Waals surface area contributed by atoms with E-state index in [9.17, 15) is 14.0 Å². The number of methoxy groups -OCH3 is 1. The predicted molar refractivity (Wildman–Crippen MR) is 95.1 cm³/mol. The fraction of sp³-hybridized carbons (Fsp3) is 0.176. The smallest absolute Gasteiger partial charge is 0.307 e. The first-order valence-corrected chi connectivity index (χ1v) is 8.57. The van der Waals surface area contributed by atoms with E-state index in [1.165, 1.54) is 19.2 Å². The Morgan fingerprint density at radius 2 is 1.83 bits per heavy atom. The summed E-state index contributed by atoms with van der Waals surface area (Å²) in [6, 6.07) is 10.5. The van der Waals surface area contributed by atoms with Crippen LogP contribution in [0, 0.1) is 5.82 Å². The summed E-state index contributed by atoms with van der Waals surface area (Å²) in [5.41, 5.74) is 0.895. The number of carbonyl (C=O) groups excluding carboxylic acids is 2. The molecule has 1 unspecified atom stereocenters. The quantitative estimate of drug-likeness (QED) is 0.676. The summed E-state index contributed by atoms with van der Waals surface area (Å²) in [6.07, 6.45) is -0.0309. The summed E-state index contributed by atoms with van der Waals surface area (Å²) in [6.45, 7) is 0. The molecule has 0 aliphatic carbocycles. The molecule has 2 aromatic rings. The third-order valence-corrected chi connectivity index (χ3v) is 4.57. The number of carbonyl (C=O) groups is 2. The SMILES string of the molecule is COC(=O)CC(NC(=O)c1cc(F)ccc1Br)c1ccc(Br)cc1. The van der Waals surface area contributed by atoms with Crippen molar-refractivity contribution in [2.45, 2.75) is 12.5 Å². The Balaban J connectivity index is 2.27. The van der Waals surface area contributed by atoms with E-state index >= 15 is 0 Å². The zero-order valence-electron chi connectivity index (χ0n) is 12.7. The van der Waals surface area contributed by atoms with Gasteiger partial charge in [0.25, 0.3) is 5.91 Å². The minimum atomic E-state index is -0.590. The summed E-state index contributed by atoms with van der Waals surface area (Å²) in [7, 11) is 1.28. The minimum absolute atomic E-state index is 0.0309. The normalized spacial score (nSPS) is 11.7. The van der Waals surface area contributed by atoms with Crippen LogP contribution in [0.15, 0.2) is 51.4 Å². The second-order valence-electron chi connectivity index (χ2n) is 4.98. The van der Waals surface area contributed by atoms with Crippen LogP contribution in [0.3, 0.4) is 0 Å². The first-order valence-electron chi connectivity index (χ1n) is 6.99. The minimum Gasteiger partial charge on any atom is -0.469 e. The molecule has 0 saturated carbocycles. The van der Waals surface area contributed by atoms with Crippen molar-refractivity contribution in [1.82, 2.24) is 5.32 Å². The zero-order valence-corrected chi connectivity index (χ0v) is 15.9. The monoisotopic (exact) mass is 457 g/mol. The first-order chi connectivity index (χ1) is 11.4. The maximum atomic E-state index is 13.4. The molecule has 2 aromatic carbocycles. The molecule has 0 bridgehead atoms. The first kappa shape index (κ1) is 18.6. The molecule has 7 heteroatoms. The number of rotatable bonds is 5. The highest BCUT2D eigenvalue weighted by Crippen LogP contribution is 2.23. The zero-order chi connectivity index (χ0) is 17.7. The highest BCUT2D eigenvalue weighted by Gasteiger charge is 2.21. The van der Waals surface area contributed by atoms with Gasteiger partial charge in [0.2, 0.25) is 0 Å². The van der Waals surface area contributed by atoms with Crippen LogP contribution in [0.25, 0.3) is 0 Å². The van der Waals surface area contributed by atoms with Gasteiger partial charge in [-0.15, -0.1) is 0 Å². The van der Waals surface area contributed by atoms with Gasteiger partial charge >= 0.3 is 5.97 Å². The summed E-state index contributed by atoms with van der Waals surface area (Å²) in [5, 5.41) is 2.75. The van der Waals surface area contributed by atoms with Crippen LogP contribution >= 0.6 is 31.9 Å². The third-order valence-electron chi connectivity index (χ3n) is 3.35. The van der Waals surface area contributed by atoms with Crippen LogP contribution in [0.2, 0.25) is 0 Å². The van der Waals surface area contributed by atoms with Crippen LogP contribution in [0.1, 0.15) is 28.4 Å². The standard InChI is InChI=1S/C17H14Br2FNO3/c1-24-16(22)9-15(10-2-4-11(18)5-3-10)21-17(23)13-8-12(20)6-7-14(13)19/h2-8,15H,9H2,1H3,(H,21,23). The van der Waals surface area contributed by atoms with Gasteiger partial charge in [0.1, 0.15) is 5.82 Å². The van der Waals surface area contributed by atoms with E-state index in [1.807, 2.05) is 12.1 Å². The molecule has 0 saturated heterocycles. The number of benzene rings is 2. The topological polar surface area (TPSA) is 55.4 Å². The van der Waals surface area contributed by atoms with E-state index < -0.39 is 23.7 Å². The lowest BCUT2D eigenvalue weighted by Crippen LogP contribution is -2.30. The van der Waals surface area contributed by atoms with Gasteiger partial charge in [-0.25, -0.2) is 4.39 Å². The van der Waals surface area contributed by atoms with E-state index in [1.54, 1.807) is 12.1 Å². The number of esters is 1. The van der Waals surface area contributed by atoms with Gasteiger partial charge in [-0.3, -0.25) is 9.59 Å². The largest absolute Gasteiger partial charge is 0.469 e. The Hall–Kier alpha value is -1.73. The molecule has 4 nitrogen and oxygen atoms in total. The Morgan fingerprint density at radius 1 is 1.17 bits per heavy atom. The third kappa shape index (κ3) is 4.88. The van der Waals surface area contributed by atoms with E-state index in [0.29, 0.717) is 4.47 Å². The number of nitrogens with one attached hydrogen (secondary N) is 1. The van der Waals surface area contributed by atoms with Gasteiger partial charge in [-0.2, -0.15) is 0 Å². The van der Waals surface area contributed by atoms with Gasteiger partial charge in [0.05, 0.1) is 25.1 Å². The Morgan fingerprint density at radius 3 is 2.46 bits per heavy atom. The van der Waals surface area contributed by atoms with Gasteiger partial charge in [-0.1, -0.05) is 28.1 Å². The predicted octanol–water partition coefficient (Wildman–Crippen LogP) is 4.38. The molecule has 0 heterocycles. The van der Waals surface area contributed by atoms with Gasteiger partial charge < -0.3 is 10.1 Å². The van der Waals surface area contributed by atoms with E-state index in [2.05, 4.69) is 41.9 Å². The molecule has 0 aromatic heterocycles. The van der Waals surface area contributed by atoms with Crippen molar-refractivity contribution in [3.63, 3.8) is 0 Å². The van der Waals surface area contributed by atoms with Crippen molar-refractivity contribution in [2.24, 2.45) is 0 Å². The molecule has 0 aliphatic rings. The number of ether oxygens (including phenoxy) is 1. The van der Waals surface area contributed by atoms with Gasteiger partial charge in [0.15, 0.2) is 0 Å². The number of amides is 1. The van der Waals surface area contributed by atoms with Crippen LogP contribution in [0.4, 0.5) is 4.39 Å². The molecule has 0 aliphatic heterocycles. The molecule has 1 atom stereocenters. The molecule has 0 spiro atoms. The number of hydrogen-bond acceptors (Lipinski definition) is 3. The van der Waals surface area contributed by atoms with Crippen molar-refractivity contribution < 1.29 is 18.7 Å². The molecule has 2 rings (SSSR count). The lowest BCUT2D eigenvalue weighted by Gasteiger charge is -2.19. The van der Waals surface area contributed by atoms with Crippen molar-refractivity contribution in [3.05, 3.63) is 68.4 Å². The molecule has 1 N–H and O–H groups in total. The summed E-state index contributed by atoms with van der Waals surface area (Å²) < 4.78 is 19.4. The fourth-order valence-corrected chi connectivity index (χ4v) is 2.80. The fourth-order valence-electron chi connectivity index (χ4n) is 2.10. The van der Waals surface area contributed by atoms with E-state index in [4.69, 9.17) is 0 Å². The summed E-state index contributed by atoms with van der Waals surface area (Å²) in [5.74, 6) is -1.46. The Labute approximate surface area is 155 Å². The van der Waals surface area contributed by atoms with Crippen molar-refractivity contribution in [1.29, 1.82) is 0 Å². The average Bonchev–Trinajstić information content (AvgIpc) is 2.56. The van der Waals surface area contributed by atoms with E-state index in [-0.39, 0.29) is 12.0 Å². The average molecular weight is 459 g/mol. The Kier molecular flexibility index (Phi) is 6.51. The molecular weight excluding hydrogens is 445 g/mol. The summed E-state index contributed by atoms with van der Waals surface area (Å²) in [4.78, 5) is 24.1. The molecule has 0 fully saturated rings. The second-order valence-corrected chi connectivity index (χ2v) is 6.75. The van der Waals surface area contributed by atoms with Crippen LogP contribution in [-0.4, -0.2) is 19.0 Å². The van der Waals surface area contributed by atoms with Crippen LogP contribution in [-0.2, 0) is 9.53 Å². The van der Waals surface area contributed by atoms with E-state index in [0.717, 1.165) is 16.1 Å². The van der Waals surface area contributed by atoms with Gasteiger partial charge in [-0.05, 0) is 51.8 Å². The second kappa shape index (κ2) is 8.39. The lowest BCUT2D eigenvalue weighted by atomic mass is 10.0. The molecule has 24 heavy (non-hydrogen) atoms. The van der Waals surface area contributed by atoms with Crippen molar-refractivity contribution >= 4 is 43.7 Å². The highest BCUT2D eigenvalue weighted by atomic mass is 79.9. The lowest BCUT2D eigenvalue weighted by molar-refractivity contribution is -0.141. The van der Waals surface area contributed by atoms with Crippen LogP contribution in [0.5, 0.6) is 0 Å². The Bertz CT molecular complexity index is 750. The van der Waals surface area contributed by atoms with Crippen molar-refractivity contribution in [3.8, 4) is 0 Å². The maximum Gasteiger partial charge on any atom is 0.307 e. The van der Waals surface area contributed by atoms with Crippen molar-refractivity contribution in [2.75, 3.05) is 7.11 Å². The summed E-state index contributed by atoms with van der Waals surface area (Å²) >= 11 is 6.56. The number of halogens is 3. The highest BCUT2D eigenvalue weighted by molar-refractivity contribution is 9.10. The van der Waals surface area contributed by atoms with Gasteiger partial charge in [0, 0.05) is 8.95 Å². The maximum absolute atomic E-state index is 13.4. The molecular formula is C17H14Br2FNO3. The number of hydrogen-bond donors (Lipinski definition) is 1. The molecule has 0 radical (unpaired) electrons. The molecule has 1 amide bonds. The molecule has 126 valence electrons. The van der Waals surface area contributed by atoms with Crippen LogP contribution < -0.4 is 5.32 Å².